The van der Waals surface area contributed by atoms with Gasteiger partial charge in [-0.05, 0) is 18.4 Å². The van der Waals surface area contributed by atoms with Gasteiger partial charge in [0.1, 0.15) is 12.7 Å². The lowest BCUT2D eigenvalue weighted by Gasteiger charge is -2.15. The van der Waals surface area contributed by atoms with E-state index in [1.807, 2.05) is 30.3 Å². The molecule has 0 amide bonds. The Kier molecular flexibility index (Phi) is 5.11. The van der Waals surface area contributed by atoms with Gasteiger partial charge in [0, 0.05) is 0 Å². The van der Waals surface area contributed by atoms with Crippen molar-refractivity contribution in [1.82, 2.24) is 0 Å². The third kappa shape index (κ3) is 3.73. The van der Waals surface area contributed by atoms with Gasteiger partial charge in [-0.3, -0.25) is 4.79 Å². The Hall–Kier alpha value is -1.23. The average molecular weight is 224 g/mol. The summed E-state index contributed by atoms with van der Waals surface area (Å²) in [5, 5.41) is 27.3. The zero-order valence-electron chi connectivity index (χ0n) is 8.91. The summed E-state index contributed by atoms with van der Waals surface area (Å²) in [6.45, 7) is -0.746. The number of aliphatic hydroxyl groups excluding tert-OH is 3. The molecule has 0 saturated heterocycles. The van der Waals surface area contributed by atoms with Crippen LogP contribution in [-0.2, 0) is 11.2 Å². The van der Waals surface area contributed by atoms with E-state index in [1.54, 1.807) is 0 Å². The lowest BCUT2D eigenvalue weighted by molar-refractivity contribution is -0.135. The second-order valence-electron chi connectivity index (χ2n) is 3.66. The highest BCUT2D eigenvalue weighted by molar-refractivity contribution is 5.84. The summed E-state index contributed by atoms with van der Waals surface area (Å²) >= 11 is 0. The first-order valence-corrected chi connectivity index (χ1v) is 5.18. The van der Waals surface area contributed by atoms with Gasteiger partial charge in [0.15, 0.2) is 5.78 Å². The smallest absolute Gasteiger partial charge is 0.189 e. The molecule has 0 aliphatic heterocycles. The standard InChI is InChI=1S/C12H16O4/c13-8-11(15)12(16)10(14)7-6-9-4-2-1-3-5-9/h1-5,10,12-14,16H,6-8H2. The summed E-state index contributed by atoms with van der Waals surface area (Å²) in [6, 6.07) is 9.48. The number of carbonyl (C=O) groups is 1. The highest BCUT2D eigenvalue weighted by Crippen LogP contribution is 2.08. The monoisotopic (exact) mass is 224 g/mol. The molecule has 4 heteroatoms. The van der Waals surface area contributed by atoms with E-state index in [4.69, 9.17) is 5.11 Å². The maximum Gasteiger partial charge on any atom is 0.189 e. The Morgan fingerprint density at radius 3 is 2.38 bits per heavy atom. The molecule has 0 aliphatic carbocycles. The Bertz CT molecular complexity index is 323. The zero-order valence-corrected chi connectivity index (χ0v) is 8.91. The van der Waals surface area contributed by atoms with E-state index in [-0.39, 0.29) is 6.42 Å². The molecule has 1 aromatic rings. The van der Waals surface area contributed by atoms with E-state index in [0.29, 0.717) is 6.42 Å². The van der Waals surface area contributed by atoms with Crippen LogP contribution in [0.1, 0.15) is 12.0 Å². The Labute approximate surface area is 94.2 Å². The van der Waals surface area contributed by atoms with E-state index in [0.717, 1.165) is 5.56 Å². The maximum absolute atomic E-state index is 10.9. The fourth-order valence-corrected chi connectivity index (χ4v) is 1.43. The molecular weight excluding hydrogens is 208 g/mol. The summed E-state index contributed by atoms with van der Waals surface area (Å²) in [5.41, 5.74) is 1.03. The van der Waals surface area contributed by atoms with E-state index >= 15 is 0 Å². The number of hydrogen-bond acceptors (Lipinski definition) is 4. The van der Waals surface area contributed by atoms with Crippen LogP contribution in [0, 0.1) is 0 Å². The Balaban J connectivity index is 2.41. The second-order valence-corrected chi connectivity index (χ2v) is 3.66. The van der Waals surface area contributed by atoms with Gasteiger partial charge in [-0.25, -0.2) is 0 Å². The predicted octanol–water partition coefficient (Wildman–Crippen LogP) is -0.0976. The highest BCUT2D eigenvalue weighted by Gasteiger charge is 2.22. The molecule has 0 spiro atoms. The minimum atomic E-state index is -1.49. The number of rotatable bonds is 6. The summed E-state index contributed by atoms with van der Waals surface area (Å²) in [5.74, 6) is -0.749. The van der Waals surface area contributed by atoms with Crippen molar-refractivity contribution in [1.29, 1.82) is 0 Å². The molecule has 0 radical (unpaired) electrons. The lowest BCUT2D eigenvalue weighted by Crippen LogP contribution is -2.36. The first kappa shape index (κ1) is 12.8. The number of aliphatic hydroxyl groups is 3. The summed E-state index contributed by atoms with van der Waals surface area (Å²) in [4.78, 5) is 10.9. The van der Waals surface area contributed by atoms with Crippen LogP contribution < -0.4 is 0 Å². The molecule has 3 N–H and O–H groups in total. The fourth-order valence-electron chi connectivity index (χ4n) is 1.43. The first-order chi connectivity index (χ1) is 7.65. The molecule has 0 bridgehead atoms. The third-order valence-corrected chi connectivity index (χ3v) is 2.42. The van der Waals surface area contributed by atoms with Gasteiger partial charge in [-0.1, -0.05) is 30.3 Å². The molecular formula is C12H16O4. The van der Waals surface area contributed by atoms with Crippen molar-refractivity contribution in [2.75, 3.05) is 6.61 Å². The second kappa shape index (κ2) is 6.37. The molecule has 1 aromatic carbocycles. The number of benzene rings is 1. The van der Waals surface area contributed by atoms with Crippen LogP contribution >= 0.6 is 0 Å². The zero-order chi connectivity index (χ0) is 12.0. The molecule has 0 saturated carbocycles. The van der Waals surface area contributed by atoms with Crippen molar-refractivity contribution in [2.45, 2.75) is 25.0 Å². The van der Waals surface area contributed by atoms with Crippen LogP contribution in [0.4, 0.5) is 0 Å². The van der Waals surface area contributed by atoms with Gasteiger partial charge < -0.3 is 15.3 Å². The number of ketones is 1. The molecule has 16 heavy (non-hydrogen) atoms. The van der Waals surface area contributed by atoms with E-state index in [9.17, 15) is 15.0 Å². The number of hydrogen-bond donors (Lipinski definition) is 3. The number of aryl methyl sites for hydroxylation is 1. The van der Waals surface area contributed by atoms with Crippen molar-refractivity contribution in [3.8, 4) is 0 Å². The van der Waals surface area contributed by atoms with Gasteiger partial charge in [-0.2, -0.15) is 0 Å². The van der Waals surface area contributed by atoms with Gasteiger partial charge >= 0.3 is 0 Å². The highest BCUT2D eigenvalue weighted by atomic mass is 16.3. The topological polar surface area (TPSA) is 77.8 Å². The van der Waals surface area contributed by atoms with Gasteiger partial charge in [0.2, 0.25) is 0 Å². The fraction of sp³-hybridized carbons (Fsp3) is 0.417. The average Bonchev–Trinajstić information content (AvgIpc) is 2.35. The van der Waals surface area contributed by atoms with Crippen molar-refractivity contribution in [3.05, 3.63) is 35.9 Å². The van der Waals surface area contributed by atoms with Crippen LogP contribution in [0.3, 0.4) is 0 Å². The van der Waals surface area contributed by atoms with E-state index in [1.165, 1.54) is 0 Å². The van der Waals surface area contributed by atoms with E-state index in [2.05, 4.69) is 0 Å². The summed E-state index contributed by atoms with van der Waals surface area (Å²) in [6.07, 6.45) is -1.75. The lowest BCUT2D eigenvalue weighted by atomic mass is 10.0. The molecule has 0 heterocycles. The van der Waals surface area contributed by atoms with Crippen molar-refractivity contribution in [2.24, 2.45) is 0 Å². The maximum atomic E-state index is 10.9. The van der Waals surface area contributed by atoms with Crippen LogP contribution in [0.5, 0.6) is 0 Å². The molecule has 4 nitrogen and oxygen atoms in total. The minimum Gasteiger partial charge on any atom is -0.390 e. The van der Waals surface area contributed by atoms with Gasteiger partial charge in [-0.15, -0.1) is 0 Å². The normalized spacial score (nSPS) is 14.4. The number of Topliss-reactive ketones (excluding diaryl/α,β-unsaturated/α-hetero) is 1. The quantitative estimate of drug-likeness (QED) is 0.630. The van der Waals surface area contributed by atoms with Crippen LogP contribution in [0.25, 0.3) is 0 Å². The minimum absolute atomic E-state index is 0.289. The molecule has 0 aliphatic rings. The van der Waals surface area contributed by atoms with Gasteiger partial charge in [0.25, 0.3) is 0 Å². The largest absolute Gasteiger partial charge is 0.390 e. The van der Waals surface area contributed by atoms with Crippen LogP contribution in [0.2, 0.25) is 0 Å². The van der Waals surface area contributed by atoms with Crippen molar-refractivity contribution < 1.29 is 20.1 Å². The first-order valence-electron chi connectivity index (χ1n) is 5.18. The summed E-state index contributed by atoms with van der Waals surface area (Å²) < 4.78 is 0. The SMILES string of the molecule is O=C(CO)C(O)C(O)CCc1ccccc1. The molecule has 2 unspecified atom stereocenters. The summed E-state index contributed by atoms with van der Waals surface area (Å²) in [7, 11) is 0. The molecule has 1 rings (SSSR count). The van der Waals surface area contributed by atoms with Gasteiger partial charge in [0.05, 0.1) is 6.10 Å². The van der Waals surface area contributed by atoms with Crippen LogP contribution in [0.15, 0.2) is 30.3 Å². The molecule has 0 fully saturated rings. The van der Waals surface area contributed by atoms with Crippen LogP contribution in [-0.4, -0.2) is 39.9 Å². The van der Waals surface area contributed by atoms with Crippen molar-refractivity contribution in [3.63, 3.8) is 0 Å². The number of carbonyl (C=O) groups excluding carboxylic acids is 1. The Morgan fingerprint density at radius 2 is 1.81 bits per heavy atom. The molecule has 88 valence electrons. The Morgan fingerprint density at radius 1 is 1.19 bits per heavy atom. The van der Waals surface area contributed by atoms with E-state index < -0.39 is 24.6 Å². The third-order valence-electron chi connectivity index (χ3n) is 2.42. The molecule has 2 atom stereocenters. The predicted molar refractivity (Wildman–Crippen MR) is 58.9 cm³/mol. The molecule has 0 aromatic heterocycles. The van der Waals surface area contributed by atoms with Crippen molar-refractivity contribution >= 4 is 5.78 Å².